The van der Waals surface area contributed by atoms with Gasteiger partial charge in [0, 0.05) is 32.3 Å². The third-order valence-electron chi connectivity index (χ3n) is 2.87. The average molecular weight is 264 g/mol. The number of rotatable bonds is 8. The van der Waals surface area contributed by atoms with Crippen LogP contribution in [-0.2, 0) is 9.53 Å². The molecule has 0 aromatic heterocycles. The second kappa shape index (κ2) is 8.67. The number of ether oxygens (including phenoxy) is 1. The molecular weight excluding hydrogens is 240 g/mol. The number of carbonyl (C=O) groups is 1. The molecule has 106 valence electrons. The van der Waals surface area contributed by atoms with E-state index >= 15 is 0 Å². The van der Waals surface area contributed by atoms with Crippen molar-refractivity contribution in [3.63, 3.8) is 0 Å². The minimum Gasteiger partial charge on any atom is -0.383 e. The van der Waals surface area contributed by atoms with Gasteiger partial charge in [-0.25, -0.2) is 0 Å². The fourth-order valence-electron chi connectivity index (χ4n) is 1.68. The first-order valence-electron chi connectivity index (χ1n) is 6.73. The standard InChI is InChI=1S/C15H24N2O2/c1-12(2)13-4-6-14(7-5-13)17-15(18)8-9-16-10-11-19-3/h4-7,12,16H,8-11H2,1-3H3,(H,17,18). The summed E-state index contributed by atoms with van der Waals surface area (Å²) in [5.41, 5.74) is 2.13. The zero-order chi connectivity index (χ0) is 14.1. The van der Waals surface area contributed by atoms with Crippen molar-refractivity contribution in [2.45, 2.75) is 26.2 Å². The fraction of sp³-hybridized carbons (Fsp3) is 0.533. The number of nitrogens with one attached hydrogen (secondary N) is 2. The molecule has 4 heteroatoms. The molecule has 0 atom stereocenters. The molecule has 2 N–H and O–H groups in total. The van der Waals surface area contributed by atoms with Crippen molar-refractivity contribution in [2.75, 3.05) is 32.1 Å². The maximum absolute atomic E-state index is 11.7. The van der Waals surface area contributed by atoms with Crippen LogP contribution in [0.15, 0.2) is 24.3 Å². The van der Waals surface area contributed by atoms with E-state index in [9.17, 15) is 4.79 Å². The number of methoxy groups -OCH3 is 1. The molecule has 1 rings (SSSR count). The van der Waals surface area contributed by atoms with Gasteiger partial charge < -0.3 is 15.4 Å². The van der Waals surface area contributed by atoms with Gasteiger partial charge >= 0.3 is 0 Å². The molecule has 1 aromatic carbocycles. The van der Waals surface area contributed by atoms with E-state index in [1.807, 2.05) is 12.1 Å². The fourth-order valence-corrected chi connectivity index (χ4v) is 1.68. The molecule has 0 fully saturated rings. The predicted octanol–water partition coefficient (Wildman–Crippen LogP) is 2.37. The third kappa shape index (κ3) is 6.36. The van der Waals surface area contributed by atoms with Crippen LogP contribution in [0.3, 0.4) is 0 Å². The Morgan fingerprint density at radius 3 is 2.47 bits per heavy atom. The highest BCUT2D eigenvalue weighted by molar-refractivity contribution is 5.90. The summed E-state index contributed by atoms with van der Waals surface area (Å²) in [7, 11) is 1.66. The normalized spacial score (nSPS) is 10.7. The Balaban J connectivity index is 2.28. The highest BCUT2D eigenvalue weighted by Gasteiger charge is 2.03. The molecule has 0 aliphatic rings. The first kappa shape index (κ1) is 15.7. The molecule has 19 heavy (non-hydrogen) atoms. The van der Waals surface area contributed by atoms with E-state index in [4.69, 9.17) is 4.74 Å². The van der Waals surface area contributed by atoms with Gasteiger partial charge in [-0.1, -0.05) is 26.0 Å². The lowest BCUT2D eigenvalue weighted by atomic mass is 10.0. The van der Waals surface area contributed by atoms with Gasteiger partial charge in [0.25, 0.3) is 0 Å². The van der Waals surface area contributed by atoms with Crippen LogP contribution in [0.2, 0.25) is 0 Å². The summed E-state index contributed by atoms with van der Waals surface area (Å²) in [5, 5.41) is 6.03. The number of amides is 1. The van der Waals surface area contributed by atoms with E-state index in [2.05, 4.69) is 36.6 Å². The molecule has 0 heterocycles. The Morgan fingerprint density at radius 2 is 1.89 bits per heavy atom. The number of carbonyl (C=O) groups excluding carboxylic acids is 1. The van der Waals surface area contributed by atoms with Gasteiger partial charge in [-0.05, 0) is 23.6 Å². The lowest BCUT2D eigenvalue weighted by Crippen LogP contribution is -2.24. The zero-order valence-electron chi connectivity index (χ0n) is 12.0. The first-order chi connectivity index (χ1) is 9.13. The van der Waals surface area contributed by atoms with Crippen LogP contribution in [0.25, 0.3) is 0 Å². The van der Waals surface area contributed by atoms with Crippen LogP contribution in [0.4, 0.5) is 5.69 Å². The molecule has 0 spiro atoms. The summed E-state index contributed by atoms with van der Waals surface area (Å²) in [6.07, 6.45) is 0.468. The molecule has 0 radical (unpaired) electrons. The van der Waals surface area contributed by atoms with Gasteiger partial charge in [-0.15, -0.1) is 0 Å². The summed E-state index contributed by atoms with van der Waals surface area (Å²) in [4.78, 5) is 11.7. The van der Waals surface area contributed by atoms with Crippen molar-refractivity contribution in [1.82, 2.24) is 5.32 Å². The largest absolute Gasteiger partial charge is 0.383 e. The van der Waals surface area contributed by atoms with Crippen LogP contribution in [0, 0.1) is 0 Å². The highest BCUT2D eigenvalue weighted by atomic mass is 16.5. The molecule has 0 saturated carbocycles. The van der Waals surface area contributed by atoms with Gasteiger partial charge in [0.2, 0.25) is 5.91 Å². The maximum atomic E-state index is 11.7. The van der Waals surface area contributed by atoms with Gasteiger partial charge in [-0.3, -0.25) is 4.79 Å². The number of benzene rings is 1. The van der Waals surface area contributed by atoms with Gasteiger partial charge in [0.15, 0.2) is 0 Å². The number of hydrogen-bond acceptors (Lipinski definition) is 3. The monoisotopic (exact) mass is 264 g/mol. The Bertz CT molecular complexity index is 374. The Labute approximate surface area is 115 Å². The van der Waals surface area contributed by atoms with Gasteiger partial charge in [0.05, 0.1) is 6.61 Å². The van der Waals surface area contributed by atoms with Crippen molar-refractivity contribution < 1.29 is 9.53 Å². The first-order valence-corrected chi connectivity index (χ1v) is 6.73. The molecule has 0 unspecified atom stereocenters. The van der Waals surface area contributed by atoms with Gasteiger partial charge in [-0.2, -0.15) is 0 Å². The Hall–Kier alpha value is -1.39. The van der Waals surface area contributed by atoms with Crippen molar-refractivity contribution in [2.24, 2.45) is 0 Å². The van der Waals surface area contributed by atoms with E-state index in [1.165, 1.54) is 5.56 Å². The molecule has 4 nitrogen and oxygen atoms in total. The molecule has 0 aliphatic carbocycles. The highest BCUT2D eigenvalue weighted by Crippen LogP contribution is 2.17. The third-order valence-corrected chi connectivity index (χ3v) is 2.87. The van der Waals surface area contributed by atoms with Crippen LogP contribution in [-0.4, -0.2) is 32.7 Å². The number of anilines is 1. The molecule has 0 aliphatic heterocycles. The van der Waals surface area contributed by atoms with E-state index in [0.29, 0.717) is 25.5 Å². The van der Waals surface area contributed by atoms with E-state index < -0.39 is 0 Å². The smallest absolute Gasteiger partial charge is 0.225 e. The van der Waals surface area contributed by atoms with Crippen LogP contribution in [0.1, 0.15) is 31.7 Å². The molecular formula is C15H24N2O2. The van der Waals surface area contributed by atoms with Crippen LogP contribution in [0.5, 0.6) is 0 Å². The average Bonchev–Trinajstić information content (AvgIpc) is 2.39. The van der Waals surface area contributed by atoms with Crippen molar-refractivity contribution >= 4 is 11.6 Å². The molecule has 1 aromatic rings. The van der Waals surface area contributed by atoms with Crippen LogP contribution >= 0.6 is 0 Å². The lowest BCUT2D eigenvalue weighted by molar-refractivity contribution is -0.116. The summed E-state index contributed by atoms with van der Waals surface area (Å²) in [5.74, 6) is 0.539. The zero-order valence-corrected chi connectivity index (χ0v) is 12.0. The Morgan fingerprint density at radius 1 is 1.21 bits per heavy atom. The van der Waals surface area contributed by atoms with E-state index in [1.54, 1.807) is 7.11 Å². The quantitative estimate of drug-likeness (QED) is 0.709. The van der Waals surface area contributed by atoms with E-state index in [0.717, 1.165) is 12.2 Å². The minimum absolute atomic E-state index is 0.0298. The SMILES string of the molecule is COCCNCCC(=O)Nc1ccc(C(C)C)cc1. The summed E-state index contributed by atoms with van der Waals surface area (Å²) in [6, 6.07) is 8.01. The summed E-state index contributed by atoms with van der Waals surface area (Å²) < 4.78 is 4.91. The topological polar surface area (TPSA) is 50.4 Å². The lowest BCUT2D eigenvalue weighted by Gasteiger charge is -2.09. The minimum atomic E-state index is 0.0298. The maximum Gasteiger partial charge on any atom is 0.225 e. The second-order valence-electron chi connectivity index (χ2n) is 4.82. The Kier molecular flexibility index (Phi) is 7.15. The van der Waals surface area contributed by atoms with Crippen LogP contribution < -0.4 is 10.6 Å². The molecule has 1 amide bonds. The summed E-state index contributed by atoms with van der Waals surface area (Å²) in [6.45, 7) is 6.41. The molecule has 0 saturated heterocycles. The van der Waals surface area contributed by atoms with Crippen molar-refractivity contribution in [3.8, 4) is 0 Å². The summed E-state index contributed by atoms with van der Waals surface area (Å²) >= 11 is 0. The molecule has 0 bridgehead atoms. The van der Waals surface area contributed by atoms with Crippen molar-refractivity contribution in [3.05, 3.63) is 29.8 Å². The van der Waals surface area contributed by atoms with Crippen molar-refractivity contribution in [1.29, 1.82) is 0 Å². The predicted molar refractivity (Wildman–Crippen MR) is 78.5 cm³/mol. The number of hydrogen-bond donors (Lipinski definition) is 2. The second-order valence-corrected chi connectivity index (χ2v) is 4.82. The van der Waals surface area contributed by atoms with E-state index in [-0.39, 0.29) is 5.91 Å². The van der Waals surface area contributed by atoms with Gasteiger partial charge in [0.1, 0.15) is 0 Å².